The topological polar surface area (TPSA) is 60.9 Å². The monoisotopic (exact) mass is 240 g/mol. The maximum Gasteiger partial charge on any atom is 0.328 e. The number of hydrogen-bond acceptors (Lipinski definition) is 3. The molecule has 1 amide bonds. The van der Waals surface area contributed by atoms with Gasteiger partial charge in [-0.05, 0) is 32.9 Å². The molecule has 0 atom stereocenters. The predicted octanol–water partition coefficient (Wildman–Crippen LogP) is 0.427. The predicted molar refractivity (Wildman–Crippen MR) is 64.6 cm³/mol. The fourth-order valence-corrected chi connectivity index (χ4v) is 2.10. The van der Waals surface area contributed by atoms with Crippen molar-refractivity contribution in [3.8, 4) is 0 Å². The first-order chi connectivity index (χ1) is 7.99. The highest BCUT2D eigenvalue weighted by Gasteiger charge is 2.21. The molecule has 1 heterocycles. The molecule has 5 heteroatoms. The molecule has 0 unspecified atom stereocenters. The van der Waals surface area contributed by atoms with Gasteiger partial charge in [-0.1, -0.05) is 0 Å². The van der Waals surface area contributed by atoms with Gasteiger partial charge in [-0.3, -0.25) is 4.79 Å². The molecule has 1 aliphatic heterocycles. The fourth-order valence-electron chi connectivity index (χ4n) is 2.10. The van der Waals surface area contributed by atoms with E-state index in [4.69, 9.17) is 5.11 Å². The number of carboxylic acid groups (broad SMARTS) is 1. The second kappa shape index (κ2) is 6.39. The second-order valence-electron chi connectivity index (χ2n) is 4.70. The number of likely N-dealkylation sites (tertiary alicyclic amines) is 1. The van der Waals surface area contributed by atoms with E-state index < -0.39 is 5.97 Å². The van der Waals surface area contributed by atoms with Gasteiger partial charge >= 0.3 is 5.97 Å². The quantitative estimate of drug-likeness (QED) is 0.724. The molecule has 0 aromatic heterocycles. The largest absolute Gasteiger partial charge is 0.478 e. The van der Waals surface area contributed by atoms with Crippen LogP contribution in [0.3, 0.4) is 0 Å². The van der Waals surface area contributed by atoms with E-state index in [0.29, 0.717) is 5.92 Å². The number of carbonyl (C=O) groups is 2. The third-order valence-electron chi connectivity index (χ3n) is 2.92. The van der Waals surface area contributed by atoms with E-state index in [1.165, 1.54) is 0 Å². The first-order valence-electron chi connectivity index (χ1n) is 5.83. The average Bonchev–Trinajstić information content (AvgIpc) is 2.26. The van der Waals surface area contributed by atoms with Gasteiger partial charge in [0.2, 0.25) is 5.91 Å². The van der Waals surface area contributed by atoms with Gasteiger partial charge in [-0.2, -0.15) is 0 Å². The van der Waals surface area contributed by atoms with Gasteiger partial charge in [-0.25, -0.2) is 4.79 Å². The lowest BCUT2D eigenvalue weighted by molar-refractivity contribution is -0.132. The molecule has 1 saturated heterocycles. The van der Waals surface area contributed by atoms with E-state index in [1.807, 2.05) is 14.1 Å². The molecule has 0 bridgehead atoms. The number of aliphatic carboxylic acids is 1. The zero-order valence-electron chi connectivity index (χ0n) is 10.4. The lowest BCUT2D eigenvalue weighted by Crippen LogP contribution is -2.39. The van der Waals surface area contributed by atoms with Crippen LogP contribution in [0.2, 0.25) is 0 Å². The van der Waals surface area contributed by atoms with Crippen LogP contribution in [0.25, 0.3) is 0 Å². The summed E-state index contributed by atoms with van der Waals surface area (Å²) in [4.78, 5) is 25.8. The molecular weight excluding hydrogens is 220 g/mol. The molecule has 0 aromatic carbocycles. The Morgan fingerprint density at radius 2 is 1.88 bits per heavy atom. The van der Waals surface area contributed by atoms with E-state index in [0.717, 1.165) is 44.6 Å². The highest BCUT2D eigenvalue weighted by Crippen LogP contribution is 2.17. The van der Waals surface area contributed by atoms with Gasteiger partial charge in [0.05, 0.1) is 0 Å². The van der Waals surface area contributed by atoms with Crippen LogP contribution < -0.4 is 0 Å². The molecule has 1 aliphatic rings. The molecule has 0 saturated carbocycles. The van der Waals surface area contributed by atoms with Gasteiger partial charge in [0.15, 0.2) is 0 Å². The number of carbonyl (C=O) groups excluding carboxylic acids is 1. The van der Waals surface area contributed by atoms with Crippen LogP contribution in [0.4, 0.5) is 0 Å². The summed E-state index contributed by atoms with van der Waals surface area (Å²) in [6.07, 6.45) is 4.01. The second-order valence-corrected chi connectivity index (χ2v) is 4.70. The zero-order chi connectivity index (χ0) is 12.8. The Balaban J connectivity index is 2.36. The molecule has 5 nitrogen and oxygen atoms in total. The van der Waals surface area contributed by atoms with Crippen molar-refractivity contribution in [2.45, 2.75) is 12.8 Å². The maximum absolute atomic E-state index is 11.6. The summed E-state index contributed by atoms with van der Waals surface area (Å²) in [7, 11) is 4.10. The number of piperidine rings is 1. The normalized spacial score (nSPS) is 17.9. The number of rotatable bonds is 4. The zero-order valence-corrected chi connectivity index (χ0v) is 10.4. The van der Waals surface area contributed by atoms with Crippen molar-refractivity contribution in [3.05, 3.63) is 12.2 Å². The van der Waals surface area contributed by atoms with Gasteiger partial charge < -0.3 is 14.9 Å². The number of nitrogens with zero attached hydrogens (tertiary/aromatic N) is 2. The van der Waals surface area contributed by atoms with Crippen LogP contribution in [0.15, 0.2) is 12.2 Å². The molecule has 0 spiro atoms. The van der Waals surface area contributed by atoms with Crippen molar-refractivity contribution < 1.29 is 14.7 Å². The van der Waals surface area contributed by atoms with Crippen LogP contribution in [-0.2, 0) is 9.59 Å². The van der Waals surface area contributed by atoms with Crippen molar-refractivity contribution >= 4 is 11.9 Å². The lowest BCUT2D eigenvalue weighted by atomic mass is 9.96. The minimum atomic E-state index is -1.08. The van der Waals surface area contributed by atoms with Gasteiger partial charge in [-0.15, -0.1) is 0 Å². The van der Waals surface area contributed by atoms with Gasteiger partial charge in [0.1, 0.15) is 0 Å². The molecule has 17 heavy (non-hydrogen) atoms. The summed E-state index contributed by atoms with van der Waals surface area (Å²) >= 11 is 0. The molecule has 1 rings (SSSR count). The molecule has 0 radical (unpaired) electrons. The lowest BCUT2D eigenvalue weighted by Gasteiger charge is -2.32. The van der Waals surface area contributed by atoms with E-state index in [-0.39, 0.29) is 5.91 Å². The number of amides is 1. The summed E-state index contributed by atoms with van der Waals surface area (Å²) in [5, 5.41) is 8.44. The third kappa shape index (κ3) is 4.99. The Bertz CT molecular complexity index is 305. The summed E-state index contributed by atoms with van der Waals surface area (Å²) in [5.41, 5.74) is 0. The van der Waals surface area contributed by atoms with E-state index in [9.17, 15) is 9.59 Å². The Morgan fingerprint density at radius 1 is 1.29 bits per heavy atom. The minimum Gasteiger partial charge on any atom is -0.478 e. The highest BCUT2D eigenvalue weighted by atomic mass is 16.4. The Labute approximate surface area is 102 Å². The van der Waals surface area contributed by atoms with Crippen LogP contribution in [0.1, 0.15) is 12.8 Å². The van der Waals surface area contributed by atoms with Crippen molar-refractivity contribution in [3.63, 3.8) is 0 Å². The number of carboxylic acids is 1. The van der Waals surface area contributed by atoms with Gasteiger partial charge in [0.25, 0.3) is 0 Å². The first-order valence-corrected chi connectivity index (χ1v) is 5.83. The number of hydrogen-bond donors (Lipinski definition) is 1. The highest BCUT2D eigenvalue weighted by molar-refractivity contribution is 5.93. The molecule has 1 N–H and O–H groups in total. The smallest absolute Gasteiger partial charge is 0.328 e. The molecular formula is C12H20N2O3. The maximum atomic E-state index is 11.6. The molecule has 1 fully saturated rings. The van der Waals surface area contributed by atoms with Crippen molar-refractivity contribution in [2.24, 2.45) is 5.92 Å². The summed E-state index contributed by atoms with van der Waals surface area (Å²) < 4.78 is 0. The van der Waals surface area contributed by atoms with Crippen molar-refractivity contribution in [2.75, 3.05) is 33.7 Å². The van der Waals surface area contributed by atoms with Crippen LogP contribution in [0, 0.1) is 5.92 Å². The van der Waals surface area contributed by atoms with Crippen molar-refractivity contribution in [1.82, 2.24) is 9.80 Å². The van der Waals surface area contributed by atoms with E-state index in [1.54, 1.807) is 4.90 Å². The Hall–Kier alpha value is -1.36. The first kappa shape index (κ1) is 13.7. The van der Waals surface area contributed by atoms with Crippen LogP contribution in [0.5, 0.6) is 0 Å². The van der Waals surface area contributed by atoms with Gasteiger partial charge in [0, 0.05) is 31.8 Å². The Kier molecular flexibility index (Phi) is 5.15. The SMILES string of the molecule is CN(C)CC1CCN(C(=O)/C=C/C(=O)O)CC1. The average molecular weight is 240 g/mol. The van der Waals surface area contributed by atoms with Crippen LogP contribution >= 0.6 is 0 Å². The third-order valence-corrected chi connectivity index (χ3v) is 2.92. The summed E-state index contributed by atoms with van der Waals surface area (Å²) in [6.45, 7) is 2.50. The minimum absolute atomic E-state index is 0.198. The molecule has 96 valence electrons. The van der Waals surface area contributed by atoms with E-state index in [2.05, 4.69) is 4.90 Å². The summed E-state index contributed by atoms with van der Waals surface area (Å²) in [5.74, 6) is -0.644. The van der Waals surface area contributed by atoms with Crippen molar-refractivity contribution in [1.29, 1.82) is 0 Å². The summed E-state index contributed by atoms with van der Waals surface area (Å²) in [6, 6.07) is 0. The fraction of sp³-hybridized carbons (Fsp3) is 0.667. The van der Waals surface area contributed by atoms with E-state index >= 15 is 0 Å². The Morgan fingerprint density at radius 3 is 2.35 bits per heavy atom. The standard InChI is InChI=1S/C12H20N2O3/c1-13(2)9-10-5-7-14(8-6-10)11(15)3-4-12(16)17/h3-4,10H,5-9H2,1-2H3,(H,16,17)/b4-3+. The van der Waals surface area contributed by atoms with Crippen LogP contribution in [-0.4, -0.2) is 60.5 Å². The molecule has 0 aromatic rings. The molecule has 0 aliphatic carbocycles.